The first kappa shape index (κ1) is 36.5. The van der Waals surface area contributed by atoms with E-state index in [1.807, 2.05) is 6.20 Å². The third kappa shape index (κ3) is 6.07. The molecule has 0 amide bonds. The van der Waals surface area contributed by atoms with E-state index in [1.165, 1.54) is 66.3 Å². The summed E-state index contributed by atoms with van der Waals surface area (Å²) < 4.78 is 4.73. The lowest BCUT2D eigenvalue weighted by molar-refractivity contribution is 0.642. The molecule has 8 rings (SSSR count). The predicted octanol–water partition coefficient (Wildman–Crippen LogP) is 14.0. The van der Waals surface area contributed by atoms with Crippen molar-refractivity contribution < 1.29 is 0 Å². The third-order valence-corrected chi connectivity index (χ3v) is 11.9. The van der Waals surface area contributed by atoms with E-state index in [4.69, 9.17) is 9.97 Å². The van der Waals surface area contributed by atoms with Crippen LogP contribution < -0.4 is 0 Å². The second kappa shape index (κ2) is 14.0. The number of benzene rings is 5. The Bertz CT molecular complexity index is 2650. The number of aromatic nitrogens is 4. The van der Waals surface area contributed by atoms with Gasteiger partial charge in [0.15, 0.2) is 0 Å². The highest BCUT2D eigenvalue weighted by atomic mass is 15.1. The van der Waals surface area contributed by atoms with Gasteiger partial charge in [0.05, 0.1) is 23.1 Å². The molecule has 0 unspecified atom stereocenters. The molecule has 3 aromatic heterocycles. The van der Waals surface area contributed by atoms with Crippen LogP contribution in [0.25, 0.3) is 55.7 Å². The average molecular weight is 723 g/mol. The Morgan fingerprint density at radius 1 is 0.545 bits per heavy atom. The summed E-state index contributed by atoms with van der Waals surface area (Å²) in [5.41, 5.74) is 14.6. The minimum absolute atomic E-state index is 0.298. The van der Waals surface area contributed by atoms with Crippen molar-refractivity contribution in [3.8, 4) is 28.3 Å². The Hall–Kier alpha value is -5.48. The molecule has 0 bridgehead atoms. The Balaban J connectivity index is 1.29. The summed E-state index contributed by atoms with van der Waals surface area (Å²) >= 11 is 0. The van der Waals surface area contributed by atoms with Crippen LogP contribution in [0.3, 0.4) is 0 Å². The number of fused-ring (bicyclic) bond motifs is 6. The lowest BCUT2D eigenvalue weighted by Gasteiger charge is -2.27. The van der Waals surface area contributed by atoms with E-state index < -0.39 is 0 Å². The Morgan fingerprint density at radius 3 is 1.80 bits per heavy atom. The molecule has 4 nitrogen and oxygen atoms in total. The molecule has 0 atom stereocenters. The van der Waals surface area contributed by atoms with E-state index in [0.717, 1.165) is 22.7 Å². The van der Waals surface area contributed by atoms with Gasteiger partial charge in [-0.25, -0.2) is 9.97 Å². The highest BCUT2D eigenvalue weighted by Crippen LogP contribution is 2.42. The van der Waals surface area contributed by atoms with Crippen molar-refractivity contribution in [2.24, 2.45) is 0 Å². The monoisotopic (exact) mass is 722 g/mol. The van der Waals surface area contributed by atoms with Crippen molar-refractivity contribution in [1.29, 1.82) is 0 Å². The van der Waals surface area contributed by atoms with Gasteiger partial charge in [-0.3, -0.25) is 8.97 Å². The molecule has 0 saturated heterocycles. The van der Waals surface area contributed by atoms with Crippen LogP contribution in [-0.4, -0.2) is 18.9 Å². The first-order chi connectivity index (χ1) is 26.4. The summed E-state index contributed by atoms with van der Waals surface area (Å²) in [4.78, 5) is 10.2. The van der Waals surface area contributed by atoms with Gasteiger partial charge in [0, 0.05) is 39.7 Å². The lowest BCUT2D eigenvalue weighted by Crippen LogP contribution is -2.19. The molecule has 4 heteroatoms. The molecule has 3 heterocycles. The van der Waals surface area contributed by atoms with E-state index in [-0.39, 0.29) is 5.41 Å². The van der Waals surface area contributed by atoms with Crippen LogP contribution in [0, 0.1) is 0 Å². The van der Waals surface area contributed by atoms with Crippen molar-refractivity contribution in [3.05, 3.63) is 155 Å². The van der Waals surface area contributed by atoms with E-state index >= 15 is 0 Å². The standard InChI is InChI=1S/C51H54N4/c1-31(2)38-19-14-20-39(32(3)4)47(38)46-30-53-50-44-29-37(24-25-42(44)43-18-11-12-23-45(43)55(46)50)51(9,10)36-17-13-16-35(28-36)49-52-26-27-54(49)48-40(33(5)6)21-15-22-41(48)34(7)8/h11-34H,1-10H3. The molecular formula is C51H54N4. The van der Waals surface area contributed by atoms with Gasteiger partial charge in [-0.2, -0.15) is 0 Å². The van der Waals surface area contributed by atoms with Crippen LogP contribution in [0.15, 0.2) is 122 Å². The first-order valence-electron chi connectivity index (χ1n) is 20.1. The van der Waals surface area contributed by atoms with E-state index in [2.05, 4.69) is 194 Å². The normalized spacial score (nSPS) is 12.5. The summed E-state index contributed by atoms with van der Waals surface area (Å²) in [5.74, 6) is 2.51. The minimum atomic E-state index is -0.298. The van der Waals surface area contributed by atoms with Gasteiger partial charge >= 0.3 is 0 Å². The molecule has 0 aliphatic heterocycles. The SMILES string of the molecule is CC(C)c1cccc(C(C)C)c1-c1cnc2c3cc(C(C)(C)c4cccc(-c5nccn5-c5c(C(C)C)cccc5C(C)C)c4)ccc3c3ccccc3n12. The van der Waals surface area contributed by atoms with Gasteiger partial charge < -0.3 is 0 Å². The number of imidazole rings is 2. The zero-order valence-electron chi connectivity index (χ0n) is 34.1. The fourth-order valence-corrected chi connectivity index (χ4v) is 8.76. The highest BCUT2D eigenvalue weighted by Gasteiger charge is 2.27. The summed E-state index contributed by atoms with van der Waals surface area (Å²) in [6.45, 7) is 23.0. The van der Waals surface area contributed by atoms with Gasteiger partial charge in [0.25, 0.3) is 0 Å². The minimum Gasteiger partial charge on any atom is -0.299 e. The zero-order valence-corrected chi connectivity index (χ0v) is 34.1. The lowest BCUT2D eigenvalue weighted by atomic mass is 9.77. The Morgan fingerprint density at radius 2 is 1.15 bits per heavy atom. The fraction of sp³-hybridized carbons (Fsp3) is 0.294. The maximum absolute atomic E-state index is 5.25. The topological polar surface area (TPSA) is 35.1 Å². The van der Waals surface area contributed by atoms with Crippen molar-refractivity contribution in [2.75, 3.05) is 0 Å². The molecule has 0 fully saturated rings. The van der Waals surface area contributed by atoms with Crippen molar-refractivity contribution >= 4 is 27.3 Å². The first-order valence-corrected chi connectivity index (χ1v) is 20.1. The maximum Gasteiger partial charge on any atom is 0.145 e. The molecule has 0 saturated carbocycles. The van der Waals surface area contributed by atoms with Gasteiger partial charge in [-0.05, 0) is 80.6 Å². The van der Waals surface area contributed by atoms with Crippen LogP contribution in [-0.2, 0) is 5.41 Å². The molecule has 0 N–H and O–H groups in total. The molecule has 0 spiro atoms. The van der Waals surface area contributed by atoms with Crippen LogP contribution in [0.4, 0.5) is 0 Å². The largest absolute Gasteiger partial charge is 0.299 e. The van der Waals surface area contributed by atoms with Crippen LogP contribution in [0.2, 0.25) is 0 Å². The summed E-state index contributed by atoms with van der Waals surface area (Å²) in [5, 5.41) is 3.63. The fourth-order valence-electron chi connectivity index (χ4n) is 8.76. The molecular weight excluding hydrogens is 669 g/mol. The molecule has 0 aliphatic carbocycles. The second-order valence-corrected chi connectivity index (χ2v) is 17.1. The summed E-state index contributed by atoms with van der Waals surface area (Å²) in [6.07, 6.45) is 6.18. The van der Waals surface area contributed by atoms with Crippen molar-refractivity contribution in [1.82, 2.24) is 18.9 Å². The zero-order chi connectivity index (χ0) is 38.8. The highest BCUT2D eigenvalue weighted by molar-refractivity contribution is 6.12. The average Bonchev–Trinajstić information content (AvgIpc) is 3.86. The van der Waals surface area contributed by atoms with Crippen LogP contribution >= 0.6 is 0 Å². The van der Waals surface area contributed by atoms with E-state index in [0.29, 0.717) is 23.7 Å². The summed E-state index contributed by atoms with van der Waals surface area (Å²) in [6, 6.07) is 38.4. The number of pyridine rings is 1. The van der Waals surface area contributed by atoms with Crippen LogP contribution in [0.5, 0.6) is 0 Å². The van der Waals surface area contributed by atoms with Gasteiger partial charge in [0.1, 0.15) is 11.5 Å². The molecule has 0 aliphatic rings. The smallest absolute Gasteiger partial charge is 0.145 e. The van der Waals surface area contributed by atoms with E-state index in [1.54, 1.807) is 0 Å². The molecule has 0 radical (unpaired) electrons. The summed E-state index contributed by atoms with van der Waals surface area (Å²) in [7, 11) is 0. The predicted molar refractivity (Wildman–Crippen MR) is 233 cm³/mol. The molecule has 55 heavy (non-hydrogen) atoms. The van der Waals surface area contributed by atoms with Gasteiger partial charge in [0.2, 0.25) is 0 Å². The second-order valence-electron chi connectivity index (χ2n) is 17.1. The van der Waals surface area contributed by atoms with Gasteiger partial charge in [-0.15, -0.1) is 0 Å². The number of hydrogen-bond donors (Lipinski definition) is 0. The molecule has 8 aromatic rings. The third-order valence-electron chi connectivity index (χ3n) is 11.9. The molecule has 5 aromatic carbocycles. The Labute approximate surface area is 326 Å². The molecule has 278 valence electrons. The number of para-hydroxylation sites is 2. The number of hydrogen-bond acceptors (Lipinski definition) is 2. The van der Waals surface area contributed by atoms with Crippen LogP contribution in [0.1, 0.15) is 126 Å². The van der Waals surface area contributed by atoms with E-state index in [9.17, 15) is 0 Å². The van der Waals surface area contributed by atoms with Crippen molar-refractivity contribution in [3.63, 3.8) is 0 Å². The van der Waals surface area contributed by atoms with Gasteiger partial charge in [-0.1, -0.05) is 154 Å². The maximum atomic E-state index is 5.25. The number of nitrogens with zero attached hydrogens (tertiary/aromatic N) is 4. The Kier molecular flexibility index (Phi) is 9.28. The van der Waals surface area contributed by atoms with Crippen molar-refractivity contribution in [2.45, 2.75) is 98.3 Å². The number of rotatable bonds is 9. The quantitative estimate of drug-likeness (QED) is 0.139.